The van der Waals surface area contributed by atoms with Gasteiger partial charge in [-0.25, -0.2) is 0 Å². The first-order valence-electron chi connectivity index (χ1n) is 12.4. The highest BCUT2D eigenvalue weighted by molar-refractivity contribution is 6.11. The Kier molecular flexibility index (Phi) is 3.77. The van der Waals surface area contributed by atoms with Gasteiger partial charge in [0.05, 0.1) is 5.92 Å². The predicted octanol–water partition coefficient (Wildman–Crippen LogP) is 7.82. The molecule has 0 saturated carbocycles. The van der Waals surface area contributed by atoms with Gasteiger partial charge in [-0.15, -0.1) is 0 Å². The summed E-state index contributed by atoms with van der Waals surface area (Å²) in [4.78, 5) is 14.2. The average Bonchev–Trinajstić information content (AvgIpc) is 3.58. The van der Waals surface area contributed by atoms with Crippen LogP contribution in [0.15, 0.2) is 103 Å². The van der Waals surface area contributed by atoms with Crippen molar-refractivity contribution in [2.75, 3.05) is 0 Å². The summed E-state index contributed by atoms with van der Waals surface area (Å²) in [6.45, 7) is 0. The standard InChI is InChI=1S/C34H22O/c35-34(20-10-2-1-3-11-20)32-26-17-9-8-16-25(26)31-28-18-21-12-4-6-14-23(21)29(28)27-19-22-13-5-7-15-24(22)30(27)33(31)32/h1-17,32H,18-19H2. The molecule has 0 bridgehead atoms. The third-order valence-electron chi connectivity index (χ3n) is 8.20. The van der Waals surface area contributed by atoms with E-state index in [1.54, 1.807) is 0 Å². The quantitative estimate of drug-likeness (QED) is 0.247. The Hall–Kier alpha value is -4.23. The number of hydrogen-bond donors (Lipinski definition) is 0. The van der Waals surface area contributed by atoms with E-state index in [0.717, 1.165) is 24.0 Å². The Bertz CT molecular complexity index is 1680. The second-order valence-electron chi connectivity index (χ2n) is 9.91. The van der Waals surface area contributed by atoms with Gasteiger partial charge in [0.15, 0.2) is 5.78 Å². The Morgan fingerprint density at radius 3 is 1.74 bits per heavy atom. The smallest absolute Gasteiger partial charge is 0.174 e. The summed E-state index contributed by atoms with van der Waals surface area (Å²) in [6, 6.07) is 36.1. The van der Waals surface area contributed by atoms with Crippen LogP contribution in [0.3, 0.4) is 0 Å². The van der Waals surface area contributed by atoms with Crippen LogP contribution < -0.4 is 0 Å². The van der Waals surface area contributed by atoms with Crippen molar-refractivity contribution < 1.29 is 4.79 Å². The molecule has 0 aliphatic heterocycles. The lowest BCUT2D eigenvalue weighted by Crippen LogP contribution is -2.13. The van der Waals surface area contributed by atoms with E-state index >= 15 is 0 Å². The van der Waals surface area contributed by atoms with Gasteiger partial charge in [-0.1, -0.05) is 103 Å². The average molecular weight is 447 g/mol. The summed E-state index contributed by atoms with van der Waals surface area (Å²) in [5.74, 6) is -0.0867. The van der Waals surface area contributed by atoms with Crippen molar-refractivity contribution in [1.82, 2.24) is 0 Å². The highest BCUT2D eigenvalue weighted by Crippen LogP contribution is 2.59. The van der Waals surface area contributed by atoms with Crippen molar-refractivity contribution in [3.63, 3.8) is 0 Å². The van der Waals surface area contributed by atoms with Crippen LogP contribution in [0.5, 0.6) is 0 Å². The van der Waals surface area contributed by atoms with Crippen molar-refractivity contribution >= 4 is 5.78 Å². The third-order valence-corrected chi connectivity index (χ3v) is 8.20. The van der Waals surface area contributed by atoms with Crippen molar-refractivity contribution in [2.45, 2.75) is 18.8 Å². The number of Topliss-reactive ketones (excluding diaryl/α,β-unsaturated/α-hetero) is 1. The molecule has 1 atom stereocenters. The maximum absolute atomic E-state index is 14.2. The number of hydrogen-bond acceptors (Lipinski definition) is 1. The molecule has 1 nitrogen and oxygen atoms in total. The Morgan fingerprint density at radius 2 is 1.06 bits per heavy atom. The minimum absolute atomic E-state index is 0.193. The van der Waals surface area contributed by atoms with Gasteiger partial charge in [-0.3, -0.25) is 4.79 Å². The van der Waals surface area contributed by atoms with Crippen molar-refractivity contribution in [3.8, 4) is 33.4 Å². The van der Waals surface area contributed by atoms with Gasteiger partial charge in [0, 0.05) is 5.56 Å². The van der Waals surface area contributed by atoms with Gasteiger partial charge in [-0.05, 0) is 79.6 Å². The summed E-state index contributed by atoms with van der Waals surface area (Å²) in [7, 11) is 0. The molecular formula is C34H22O. The number of carbonyl (C=O) groups excluding carboxylic acids is 1. The minimum atomic E-state index is -0.280. The summed E-state index contributed by atoms with van der Waals surface area (Å²) >= 11 is 0. The highest BCUT2D eigenvalue weighted by atomic mass is 16.1. The zero-order valence-electron chi connectivity index (χ0n) is 19.2. The first-order valence-corrected chi connectivity index (χ1v) is 12.4. The van der Waals surface area contributed by atoms with Crippen LogP contribution in [0.2, 0.25) is 0 Å². The molecule has 0 spiro atoms. The number of rotatable bonds is 2. The number of ketones is 1. The number of fused-ring (bicyclic) bond motifs is 12. The SMILES string of the molecule is O=C(c1ccccc1)C1c2ccccc2-c2c3c(c4c(c21)-c1ccccc1C4)-c1ccccc1C3. The molecule has 0 saturated heterocycles. The molecular weight excluding hydrogens is 424 g/mol. The van der Waals surface area contributed by atoms with Crippen LogP contribution in [0.25, 0.3) is 33.4 Å². The topological polar surface area (TPSA) is 17.1 Å². The maximum atomic E-state index is 14.2. The van der Waals surface area contributed by atoms with Crippen molar-refractivity contribution in [3.05, 3.63) is 142 Å². The fourth-order valence-corrected chi connectivity index (χ4v) is 6.86. The van der Waals surface area contributed by atoms with E-state index in [1.165, 1.54) is 61.2 Å². The van der Waals surface area contributed by atoms with E-state index in [9.17, 15) is 4.79 Å². The first-order chi connectivity index (χ1) is 17.3. The molecule has 0 N–H and O–H groups in total. The molecule has 0 heterocycles. The second-order valence-corrected chi connectivity index (χ2v) is 9.91. The largest absolute Gasteiger partial charge is 0.293 e. The molecule has 0 amide bonds. The molecule has 35 heavy (non-hydrogen) atoms. The van der Waals surface area contributed by atoms with Crippen LogP contribution in [0.4, 0.5) is 0 Å². The molecule has 1 unspecified atom stereocenters. The molecule has 1 heteroatoms. The van der Waals surface area contributed by atoms with Crippen LogP contribution in [0.1, 0.15) is 49.7 Å². The predicted molar refractivity (Wildman–Crippen MR) is 141 cm³/mol. The molecule has 0 radical (unpaired) electrons. The van der Waals surface area contributed by atoms with Gasteiger partial charge in [0.1, 0.15) is 0 Å². The maximum Gasteiger partial charge on any atom is 0.174 e. The van der Waals surface area contributed by atoms with Crippen LogP contribution in [0, 0.1) is 0 Å². The van der Waals surface area contributed by atoms with Gasteiger partial charge >= 0.3 is 0 Å². The van der Waals surface area contributed by atoms with Gasteiger partial charge in [-0.2, -0.15) is 0 Å². The molecule has 8 rings (SSSR count). The van der Waals surface area contributed by atoms with Crippen LogP contribution in [-0.2, 0) is 12.8 Å². The fourth-order valence-electron chi connectivity index (χ4n) is 6.86. The highest BCUT2D eigenvalue weighted by Gasteiger charge is 2.43. The Labute approximate surface area is 204 Å². The van der Waals surface area contributed by atoms with Crippen LogP contribution >= 0.6 is 0 Å². The Balaban J connectivity index is 1.51. The summed E-state index contributed by atoms with van der Waals surface area (Å²) in [5.41, 5.74) is 16.6. The van der Waals surface area contributed by atoms with Crippen molar-refractivity contribution in [1.29, 1.82) is 0 Å². The fraction of sp³-hybridized carbons (Fsp3) is 0.0882. The third kappa shape index (κ3) is 2.45. The first kappa shape index (κ1) is 19.1. The number of carbonyl (C=O) groups is 1. The normalized spacial score (nSPS) is 15.6. The number of benzene rings is 5. The van der Waals surface area contributed by atoms with Gasteiger partial charge < -0.3 is 0 Å². The van der Waals surface area contributed by atoms with E-state index in [-0.39, 0.29) is 11.7 Å². The lowest BCUT2D eigenvalue weighted by molar-refractivity contribution is 0.0975. The second kappa shape index (κ2) is 6.90. The lowest BCUT2D eigenvalue weighted by Gasteiger charge is -2.20. The van der Waals surface area contributed by atoms with E-state index in [4.69, 9.17) is 0 Å². The molecule has 164 valence electrons. The monoisotopic (exact) mass is 446 g/mol. The molecule has 5 aromatic carbocycles. The van der Waals surface area contributed by atoms with Crippen molar-refractivity contribution in [2.24, 2.45) is 0 Å². The lowest BCUT2D eigenvalue weighted by atomic mass is 9.81. The molecule has 0 fully saturated rings. The van der Waals surface area contributed by atoms with Gasteiger partial charge in [0.2, 0.25) is 0 Å². The van der Waals surface area contributed by atoms with Gasteiger partial charge in [0.25, 0.3) is 0 Å². The molecule has 3 aliphatic carbocycles. The zero-order chi connectivity index (χ0) is 23.1. The van der Waals surface area contributed by atoms with E-state index < -0.39 is 0 Å². The molecule has 5 aromatic rings. The summed E-state index contributed by atoms with van der Waals surface area (Å²) < 4.78 is 0. The van der Waals surface area contributed by atoms with Crippen LogP contribution in [-0.4, -0.2) is 5.78 Å². The van der Waals surface area contributed by atoms with E-state index in [2.05, 4.69) is 72.8 Å². The van der Waals surface area contributed by atoms with E-state index in [1.807, 2.05) is 30.3 Å². The Morgan fingerprint density at radius 1 is 0.543 bits per heavy atom. The zero-order valence-corrected chi connectivity index (χ0v) is 19.2. The molecule has 3 aliphatic rings. The molecule has 0 aromatic heterocycles. The van der Waals surface area contributed by atoms with E-state index in [0.29, 0.717) is 0 Å². The summed E-state index contributed by atoms with van der Waals surface area (Å²) in [5, 5.41) is 0. The summed E-state index contributed by atoms with van der Waals surface area (Å²) in [6.07, 6.45) is 1.86. The minimum Gasteiger partial charge on any atom is -0.293 e.